The molecule has 1 heterocycles. The van der Waals surface area contributed by atoms with E-state index in [0.29, 0.717) is 22.7 Å². The van der Waals surface area contributed by atoms with Gasteiger partial charge in [0.1, 0.15) is 6.10 Å². The number of ether oxygens (including phenoxy) is 1. The lowest BCUT2D eigenvalue weighted by atomic mass is 9.98. The van der Waals surface area contributed by atoms with Crippen LogP contribution in [0.3, 0.4) is 0 Å². The molecule has 4 nitrogen and oxygen atoms in total. The summed E-state index contributed by atoms with van der Waals surface area (Å²) in [4.78, 5) is 11.8. The summed E-state index contributed by atoms with van der Waals surface area (Å²) >= 11 is 5.88. The summed E-state index contributed by atoms with van der Waals surface area (Å²) in [7, 11) is 0. The largest absolute Gasteiger partial charge is 0.453 e. The van der Waals surface area contributed by atoms with E-state index >= 15 is 0 Å². The Hall–Kier alpha value is -2.33. The highest BCUT2D eigenvalue weighted by Gasteiger charge is 2.31. The quantitative estimate of drug-likeness (QED) is 0.409. The average molecular weight is 301 g/mol. The first-order valence-corrected chi connectivity index (χ1v) is 6.89. The Morgan fingerprint density at radius 3 is 2.62 bits per heavy atom. The van der Waals surface area contributed by atoms with Crippen LogP contribution in [0.4, 0.5) is 0 Å². The van der Waals surface area contributed by atoms with Crippen molar-refractivity contribution in [2.24, 2.45) is 10.9 Å². The standard InChI is InChI=1S/C16H13ClN2O2/c17-11-7-5-10(6-8-11)14(19-18)9-15-12-3-1-2-4-13(12)16(20)21-15/h1-8,15H,9,18H2/b19-14+/t15-/m0/s1. The van der Waals surface area contributed by atoms with E-state index in [4.69, 9.17) is 22.2 Å². The van der Waals surface area contributed by atoms with Gasteiger partial charge in [-0.15, -0.1) is 0 Å². The Morgan fingerprint density at radius 2 is 1.90 bits per heavy atom. The van der Waals surface area contributed by atoms with Crippen molar-refractivity contribution in [2.75, 3.05) is 0 Å². The van der Waals surface area contributed by atoms with Crippen molar-refractivity contribution in [1.82, 2.24) is 0 Å². The van der Waals surface area contributed by atoms with Gasteiger partial charge in [0.15, 0.2) is 0 Å². The van der Waals surface area contributed by atoms with Crippen LogP contribution >= 0.6 is 11.6 Å². The molecule has 0 aromatic heterocycles. The monoisotopic (exact) mass is 300 g/mol. The number of fused-ring (bicyclic) bond motifs is 1. The van der Waals surface area contributed by atoms with Gasteiger partial charge in [0, 0.05) is 17.0 Å². The Labute approximate surface area is 127 Å². The zero-order valence-corrected chi connectivity index (χ0v) is 11.9. The van der Waals surface area contributed by atoms with Gasteiger partial charge in [-0.3, -0.25) is 0 Å². The predicted molar refractivity (Wildman–Crippen MR) is 81.4 cm³/mol. The lowest BCUT2D eigenvalue weighted by Gasteiger charge is -2.12. The van der Waals surface area contributed by atoms with Gasteiger partial charge in [-0.25, -0.2) is 4.79 Å². The van der Waals surface area contributed by atoms with E-state index in [1.165, 1.54) is 0 Å². The molecule has 0 bridgehead atoms. The summed E-state index contributed by atoms with van der Waals surface area (Å²) in [5.74, 6) is 5.19. The smallest absolute Gasteiger partial charge is 0.339 e. The predicted octanol–water partition coefficient (Wildman–Crippen LogP) is 3.30. The summed E-state index contributed by atoms with van der Waals surface area (Å²) < 4.78 is 5.41. The third kappa shape index (κ3) is 2.62. The number of rotatable bonds is 3. The van der Waals surface area contributed by atoms with Crippen molar-refractivity contribution in [1.29, 1.82) is 0 Å². The summed E-state index contributed by atoms with van der Waals surface area (Å²) in [6.07, 6.45) is 0.0765. The van der Waals surface area contributed by atoms with Crippen LogP contribution in [0.15, 0.2) is 53.6 Å². The third-order valence-electron chi connectivity index (χ3n) is 3.49. The summed E-state index contributed by atoms with van der Waals surface area (Å²) in [5.41, 5.74) is 3.01. The molecule has 0 unspecified atom stereocenters. The molecule has 0 spiro atoms. The number of cyclic esters (lactones) is 1. The van der Waals surface area contributed by atoms with Crippen molar-refractivity contribution < 1.29 is 9.53 Å². The molecule has 1 aliphatic rings. The fraction of sp³-hybridized carbons (Fsp3) is 0.125. The van der Waals surface area contributed by atoms with E-state index in [1.807, 2.05) is 30.3 Å². The maximum atomic E-state index is 11.8. The second kappa shape index (κ2) is 5.58. The maximum Gasteiger partial charge on any atom is 0.339 e. The van der Waals surface area contributed by atoms with Crippen LogP contribution < -0.4 is 5.84 Å². The average Bonchev–Trinajstić information content (AvgIpc) is 2.83. The number of carbonyl (C=O) groups excluding carboxylic acids is 1. The van der Waals surface area contributed by atoms with E-state index in [-0.39, 0.29) is 12.1 Å². The molecule has 2 N–H and O–H groups in total. The van der Waals surface area contributed by atoms with E-state index in [2.05, 4.69) is 5.10 Å². The molecular weight excluding hydrogens is 288 g/mol. The number of esters is 1. The van der Waals surface area contributed by atoms with Gasteiger partial charge < -0.3 is 10.6 Å². The third-order valence-corrected chi connectivity index (χ3v) is 3.74. The first kappa shape index (κ1) is 13.6. The van der Waals surface area contributed by atoms with E-state index in [0.717, 1.165) is 11.1 Å². The molecule has 3 rings (SSSR count). The summed E-state index contributed by atoms with van der Waals surface area (Å²) in [5, 5.41) is 4.48. The molecule has 1 atom stereocenters. The number of carbonyl (C=O) groups is 1. The fourth-order valence-electron chi connectivity index (χ4n) is 2.43. The Bertz CT molecular complexity index is 710. The maximum absolute atomic E-state index is 11.8. The number of hydrogen-bond acceptors (Lipinski definition) is 4. The molecule has 0 fully saturated rings. The van der Waals surface area contributed by atoms with Crippen LogP contribution in [0.2, 0.25) is 5.02 Å². The van der Waals surface area contributed by atoms with E-state index < -0.39 is 0 Å². The molecule has 0 radical (unpaired) electrons. The number of nitrogens with zero attached hydrogens (tertiary/aromatic N) is 1. The minimum atomic E-state index is -0.355. The van der Waals surface area contributed by atoms with Crippen LogP contribution in [0.1, 0.15) is 34.0 Å². The van der Waals surface area contributed by atoms with E-state index in [1.54, 1.807) is 18.2 Å². The fourth-order valence-corrected chi connectivity index (χ4v) is 2.56. The number of nitrogens with two attached hydrogens (primary N) is 1. The number of hydrogen-bond donors (Lipinski definition) is 1. The first-order chi connectivity index (χ1) is 10.2. The zero-order chi connectivity index (χ0) is 14.8. The molecule has 0 aliphatic carbocycles. The molecular formula is C16H13ClN2O2. The first-order valence-electron chi connectivity index (χ1n) is 6.51. The topological polar surface area (TPSA) is 64.7 Å². The minimum Gasteiger partial charge on any atom is -0.453 e. The van der Waals surface area contributed by atoms with Gasteiger partial charge in [0.05, 0.1) is 11.3 Å². The SMILES string of the molecule is N/N=C(\C[C@@H]1OC(=O)c2ccccc21)c1ccc(Cl)cc1. The van der Waals surface area contributed by atoms with Gasteiger partial charge >= 0.3 is 5.97 Å². The Kier molecular flexibility index (Phi) is 3.62. The van der Waals surface area contributed by atoms with Crippen LogP contribution in [0.5, 0.6) is 0 Å². The van der Waals surface area contributed by atoms with Crippen molar-refractivity contribution >= 4 is 23.3 Å². The summed E-state index contributed by atoms with van der Waals surface area (Å²) in [6.45, 7) is 0. The molecule has 1 aliphatic heterocycles. The lowest BCUT2D eigenvalue weighted by molar-refractivity contribution is 0.0400. The minimum absolute atomic E-state index is 0.303. The Morgan fingerprint density at radius 1 is 1.19 bits per heavy atom. The van der Waals surface area contributed by atoms with Crippen molar-refractivity contribution in [3.05, 3.63) is 70.2 Å². The lowest BCUT2D eigenvalue weighted by Crippen LogP contribution is -2.11. The number of benzene rings is 2. The van der Waals surface area contributed by atoms with Gasteiger partial charge in [-0.2, -0.15) is 5.10 Å². The van der Waals surface area contributed by atoms with Crippen LogP contribution in [0, 0.1) is 0 Å². The van der Waals surface area contributed by atoms with E-state index in [9.17, 15) is 4.79 Å². The highest BCUT2D eigenvalue weighted by atomic mass is 35.5. The highest BCUT2D eigenvalue weighted by molar-refractivity contribution is 6.30. The Balaban J connectivity index is 1.86. The normalized spacial score (nSPS) is 17.5. The van der Waals surface area contributed by atoms with Crippen molar-refractivity contribution in [3.63, 3.8) is 0 Å². The van der Waals surface area contributed by atoms with Gasteiger partial charge in [0.2, 0.25) is 0 Å². The van der Waals surface area contributed by atoms with Crippen LogP contribution in [-0.4, -0.2) is 11.7 Å². The molecule has 5 heteroatoms. The van der Waals surface area contributed by atoms with Crippen molar-refractivity contribution in [3.8, 4) is 0 Å². The summed E-state index contributed by atoms with van der Waals surface area (Å²) in [6, 6.07) is 14.6. The zero-order valence-electron chi connectivity index (χ0n) is 11.1. The number of halogens is 1. The molecule has 0 saturated heterocycles. The molecule has 2 aromatic rings. The second-order valence-corrected chi connectivity index (χ2v) is 5.20. The second-order valence-electron chi connectivity index (χ2n) is 4.77. The van der Waals surface area contributed by atoms with Gasteiger partial charge in [-0.05, 0) is 23.8 Å². The van der Waals surface area contributed by atoms with Crippen LogP contribution in [-0.2, 0) is 4.74 Å². The highest BCUT2D eigenvalue weighted by Crippen LogP contribution is 2.33. The van der Waals surface area contributed by atoms with Gasteiger partial charge in [0.25, 0.3) is 0 Å². The van der Waals surface area contributed by atoms with Crippen LogP contribution in [0.25, 0.3) is 0 Å². The van der Waals surface area contributed by atoms with Gasteiger partial charge in [-0.1, -0.05) is 41.9 Å². The number of hydrazone groups is 1. The molecule has 21 heavy (non-hydrogen) atoms. The molecule has 0 amide bonds. The molecule has 2 aromatic carbocycles. The molecule has 0 saturated carbocycles. The van der Waals surface area contributed by atoms with Crippen molar-refractivity contribution in [2.45, 2.75) is 12.5 Å². The molecule has 106 valence electrons.